The molecule has 0 saturated heterocycles. The van der Waals surface area contributed by atoms with Gasteiger partial charge in [0.05, 0.1) is 12.2 Å². The van der Waals surface area contributed by atoms with E-state index in [1.807, 2.05) is 23.6 Å². The molecular weight excluding hydrogens is 320 g/mol. The fraction of sp³-hybridized carbons (Fsp3) is 0.167. The smallest absolute Gasteiger partial charge is 0.250 e. The van der Waals surface area contributed by atoms with Crippen LogP contribution in [-0.2, 0) is 6.54 Å². The molecule has 6 heteroatoms. The topological polar surface area (TPSA) is 52.2 Å². The Labute approximate surface area is 142 Å². The Morgan fingerprint density at radius 2 is 2.04 bits per heavy atom. The van der Waals surface area contributed by atoms with Crippen molar-refractivity contribution in [2.24, 2.45) is 0 Å². The minimum atomic E-state index is -0.144. The average molecular weight is 336 g/mol. The Balaban J connectivity index is 1.69. The van der Waals surface area contributed by atoms with Crippen LogP contribution in [0.4, 0.5) is 0 Å². The highest BCUT2D eigenvalue weighted by atomic mass is 32.1. The summed E-state index contributed by atoms with van der Waals surface area (Å²) in [6.07, 6.45) is 1.73. The summed E-state index contributed by atoms with van der Waals surface area (Å²) < 4.78 is 3.00. The second-order valence-electron chi connectivity index (χ2n) is 5.81. The fourth-order valence-corrected chi connectivity index (χ4v) is 3.49. The lowest BCUT2D eigenvalue weighted by atomic mass is 10.0. The molecule has 5 nitrogen and oxygen atoms in total. The van der Waals surface area contributed by atoms with Crippen molar-refractivity contribution in [1.82, 2.24) is 19.2 Å². The van der Waals surface area contributed by atoms with E-state index in [1.165, 1.54) is 15.8 Å². The fourth-order valence-electron chi connectivity index (χ4n) is 2.72. The molecule has 120 valence electrons. The highest BCUT2D eigenvalue weighted by molar-refractivity contribution is 7.09. The van der Waals surface area contributed by atoms with Crippen LogP contribution in [0.3, 0.4) is 0 Å². The van der Waals surface area contributed by atoms with Crippen molar-refractivity contribution in [2.75, 3.05) is 0 Å². The molecule has 0 bridgehead atoms. The normalized spacial score (nSPS) is 11.2. The van der Waals surface area contributed by atoms with E-state index < -0.39 is 0 Å². The molecule has 0 fully saturated rings. The predicted molar refractivity (Wildman–Crippen MR) is 95.6 cm³/mol. The third-order valence-corrected chi connectivity index (χ3v) is 4.83. The first-order valence-electron chi connectivity index (χ1n) is 7.68. The van der Waals surface area contributed by atoms with Crippen molar-refractivity contribution in [3.8, 4) is 11.3 Å². The summed E-state index contributed by atoms with van der Waals surface area (Å²) in [6, 6.07) is 11.9. The number of hydrogen-bond acceptors (Lipinski definition) is 4. The average Bonchev–Trinajstić information content (AvgIpc) is 3.16. The molecule has 4 rings (SSSR count). The zero-order valence-corrected chi connectivity index (χ0v) is 14.2. The zero-order chi connectivity index (χ0) is 16.7. The second-order valence-corrected chi connectivity index (χ2v) is 6.76. The van der Waals surface area contributed by atoms with E-state index in [4.69, 9.17) is 4.98 Å². The van der Waals surface area contributed by atoms with Gasteiger partial charge in [-0.2, -0.15) is 0 Å². The molecule has 0 unspecified atom stereocenters. The lowest BCUT2D eigenvalue weighted by Crippen LogP contribution is -2.21. The quantitative estimate of drug-likeness (QED) is 0.577. The van der Waals surface area contributed by atoms with Crippen molar-refractivity contribution in [2.45, 2.75) is 20.4 Å². The van der Waals surface area contributed by atoms with Crippen LogP contribution >= 0.6 is 11.3 Å². The molecule has 1 aromatic carbocycles. The van der Waals surface area contributed by atoms with Gasteiger partial charge in [0.1, 0.15) is 5.01 Å². The number of pyridine rings is 1. The van der Waals surface area contributed by atoms with Gasteiger partial charge in [0.15, 0.2) is 5.65 Å². The van der Waals surface area contributed by atoms with Gasteiger partial charge in [0.2, 0.25) is 0 Å². The van der Waals surface area contributed by atoms with E-state index >= 15 is 0 Å². The van der Waals surface area contributed by atoms with Gasteiger partial charge in [0.25, 0.3) is 0 Å². The molecule has 0 radical (unpaired) electrons. The number of thiazole rings is 1. The molecule has 0 spiro atoms. The Morgan fingerprint density at radius 3 is 2.88 bits per heavy atom. The van der Waals surface area contributed by atoms with Gasteiger partial charge in [-0.25, -0.2) is 14.5 Å². The van der Waals surface area contributed by atoms with Crippen molar-refractivity contribution in [3.05, 3.63) is 74.6 Å². The zero-order valence-electron chi connectivity index (χ0n) is 13.4. The Bertz CT molecular complexity index is 1090. The molecule has 0 amide bonds. The summed E-state index contributed by atoms with van der Waals surface area (Å²) in [5, 5.41) is 7.27. The minimum absolute atomic E-state index is 0.144. The number of benzene rings is 1. The maximum Gasteiger partial charge on any atom is 0.350 e. The van der Waals surface area contributed by atoms with Gasteiger partial charge in [-0.1, -0.05) is 23.8 Å². The maximum absolute atomic E-state index is 12.3. The van der Waals surface area contributed by atoms with Crippen LogP contribution in [0.1, 0.15) is 16.1 Å². The van der Waals surface area contributed by atoms with Crippen LogP contribution in [0.15, 0.2) is 52.8 Å². The first kappa shape index (κ1) is 14.8. The lowest BCUT2D eigenvalue weighted by Gasteiger charge is -2.03. The van der Waals surface area contributed by atoms with Gasteiger partial charge in [-0.3, -0.25) is 4.40 Å². The van der Waals surface area contributed by atoms with Crippen LogP contribution in [-0.4, -0.2) is 19.2 Å². The van der Waals surface area contributed by atoms with Crippen LogP contribution in [0, 0.1) is 13.8 Å². The van der Waals surface area contributed by atoms with E-state index in [1.54, 1.807) is 21.9 Å². The van der Waals surface area contributed by atoms with Gasteiger partial charge in [-0.05, 0) is 37.6 Å². The monoisotopic (exact) mass is 336 g/mol. The largest absolute Gasteiger partial charge is 0.350 e. The lowest BCUT2D eigenvalue weighted by molar-refractivity contribution is 0.656. The molecule has 0 atom stereocenters. The first-order valence-corrected chi connectivity index (χ1v) is 8.56. The highest BCUT2D eigenvalue weighted by Gasteiger charge is 2.11. The highest BCUT2D eigenvalue weighted by Crippen LogP contribution is 2.26. The number of nitrogens with zero attached hydrogens (tertiary/aromatic N) is 4. The third-order valence-electron chi connectivity index (χ3n) is 3.99. The minimum Gasteiger partial charge on any atom is -0.250 e. The molecule has 0 aliphatic carbocycles. The number of aryl methyl sites for hydroxylation is 2. The molecule has 3 aromatic heterocycles. The number of aromatic nitrogens is 4. The van der Waals surface area contributed by atoms with Gasteiger partial charge in [0, 0.05) is 17.1 Å². The summed E-state index contributed by atoms with van der Waals surface area (Å²) >= 11 is 1.55. The molecule has 24 heavy (non-hydrogen) atoms. The summed E-state index contributed by atoms with van der Waals surface area (Å²) in [5.74, 6) is 0. The van der Waals surface area contributed by atoms with Crippen LogP contribution in [0.25, 0.3) is 16.9 Å². The second kappa shape index (κ2) is 5.72. The Kier molecular flexibility index (Phi) is 3.54. The van der Waals surface area contributed by atoms with Crippen LogP contribution in [0.2, 0.25) is 0 Å². The predicted octanol–water partition coefficient (Wildman–Crippen LogP) is 3.28. The molecule has 0 saturated carbocycles. The molecule has 3 heterocycles. The van der Waals surface area contributed by atoms with Crippen molar-refractivity contribution >= 4 is 17.0 Å². The molecule has 0 aliphatic rings. The van der Waals surface area contributed by atoms with E-state index in [0.717, 1.165) is 16.3 Å². The third kappa shape index (κ3) is 2.55. The SMILES string of the molecule is Cc1ccc(C)c(-c2csc(Cn3nc4ccccn4c3=O)n2)c1. The molecule has 4 aromatic rings. The summed E-state index contributed by atoms with van der Waals surface area (Å²) in [4.78, 5) is 17.0. The van der Waals surface area contributed by atoms with Crippen molar-refractivity contribution < 1.29 is 0 Å². The Hall–Kier alpha value is -2.73. The van der Waals surface area contributed by atoms with Crippen LogP contribution < -0.4 is 5.69 Å². The summed E-state index contributed by atoms with van der Waals surface area (Å²) in [7, 11) is 0. The summed E-state index contributed by atoms with van der Waals surface area (Å²) in [6.45, 7) is 4.54. The molecule has 0 N–H and O–H groups in total. The number of hydrogen-bond donors (Lipinski definition) is 0. The van der Waals surface area contributed by atoms with Crippen LogP contribution in [0.5, 0.6) is 0 Å². The van der Waals surface area contributed by atoms with Gasteiger partial charge in [-0.15, -0.1) is 16.4 Å². The van der Waals surface area contributed by atoms with Gasteiger partial charge >= 0.3 is 5.69 Å². The van der Waals surface area contributed by atoms with Gasteiger partial charge < -0.3 is 0 Å². The van der Waals surface area contributed by atoms with Crippen molar-refractivity contribution in [1.29, 1.82) is 0 Å². The molecular formula is C18H16N4OS. The summed E-state index contributed by atoms with van der Waals surface area (Å²) in [5.41, 5.74) is 5.00. The first-order chi connectivity index (χ1) is 11.6. The standard InChI is InChI=1S/C18H16N4OS/c1-12-6-7-13(2)14(9-12)15-11-24-17(19-15)10-22-18(23)21-8-4-3-5-16(21)20-22/h3-9,11H,10H2,1-2H3. The van der Waals surface area contributed by atoms with E-state index in [0.29, 0.717) is 12.2 Å². The Morgan fingerprint density at radius 1 is 1.17 bits per heavy atom. The maximum atomic E-state index is 12.3. The molecule has 0 aliphatic heterocycles. The van der Waals surface area contributed by atoms with Crippen molar-refractivity contribution in [3.63, 3.8) is 0 Å². The van der Waals surface area contributed by atoms with E-state index in [2.05, 4.69) is 37.1 Å². The van der Waals surface area contributed by atoms with E-state index in [9.17, 15) is 4.79 Å². The van der Waals surface area contributed by atoms with E-state index in [-0.39, 0.29) is 5.69 Å². The number of fused-ring (bicyclic) bond motifs is 1. The number of rotatable bonds is 3.